The molecule has 1 heterocycles. The van der Waals surface area contributed by atoms with Crippen LogP contribution in [0.25, 0.3) is 11.1 Å². The summed E-state index contributed by atoms with van der Waals surface area (Å²) in [6.45, 7) is 0.343. The standard InChI is InChI=1S/C23H26O4S/c1-26-22(24)18-6-5-16-3-2-4-17-13-19(7-8-20(17)21(16)14-18)27-15-23(25)9-11-28-12-10-23/h5-8,13-14,25H,2-4,9-12,15H2,1H3. The Balaban J connectivity index is 1.59. The number of carbonyl (C=O) groups is 1. The number of ether oxygens (including phenoxy) is 2. The molecule has 1 N–H and O–H groups in total. The fourth-order valence-corrected chi connectivity index (χ4v) is 5.25. The predicted octanol–water partition coefficient (Wildman–Crippen LogP) is 4.27. The molecule has 0 radical (unpaired) electrons. The lowest BCUT2D eigenvalue weighted by atomic mass is 9.94. The van der Waals surface area contributed by atoms with E-state index in [2.05, 4.69) is 12.1 Å². The van der Waals surface area contributed by atoms with Gasteiger partial charge in [-0.25, -0.2) is 4.79 Å². The van der Waals surface area contributed by atoms with Crippen molar-refractivity contribution in [1.29, 1.82) is 0 Å². The molecule has 1 aliphatic heterocycles. The highest BCUT2D eigenvalue weighted by Crippen LogP contribution is 2.36. The largest absolute Gasteiger partial charge is 0.491 e. The van der Waals surface area contributed by atoms with Crippen LogP contribution in [0.2, 0.25) is 0 Å². The average Bonchev–Trinajstić information content (AvgIpc) is 2.90. The van der Waals surface area contributed by atoms with Crippen molar-refractivity contribution in [3.63, 3.8) is 0 Å². The zero-order chi connectivity index (χ0) is 19.6. The number of thioether (sulfide) groups is 1. The molecule has 0 unspecified atom stereocenters. The summed E-state index contributed by atoms with van der Waals surface area (Å²) < 4.78 is 10.9. The van der Waals surface area contributed by atoms with Gasteiger partial charge in [-0.05, 0) is 90.1 Å². The van der Waals surface area contributed by atoms with Gasteiger partial charge < -0.3 is 14.6 Å². The molecule has 4 rings (SSSR count). The van der Waals surface area contributed by atoms with Gasteiger partial charge in [-0.2, -0.15) is 11.8 Å². The maximum Gasteiger partial charge on any atom is 0.337 e. The topological polar surface area (TPSA) is 55.8 Å². The van der Waals surface area contributed by atoms with E-state index in [9.17, 15) is 9.90 Å². The van der Waals surface area contributed by atoms with E-state index in [1.54, 1.807) is 0 Å². The van der Waals surface area contributed by atoms with Gasteiger partial charge in [0, 0.05) is 0 Å². The molecule has 1 fully saturated rings. The molecule has 4 nitrogen and oxygen atoms in total. The molecule has 2 aromatic rings. The lowest BCUT2D eigenvalue weighted by Gasteiger charge is -2.31. The SMILES string of the molecule is COC(=O)c1ccc2c(c1)-c1ccc(OCC3(O)CCSCC3)cc1CCC2. The monoisotopic (exact) mass is 398 g/mol. The summed E-state index contributed by atoms with van der Waals surface area (Å²) in [4.78, 5) is 11.9. The normalized spacial score (nSPS) is 17.8. The maximum absolute atomic E-state index is 11.9. The van der Waals surface area contributed by atoms with Crippen LogP contribution in [-0.2, 0) is 17.6 Å². The van der Waals surface area contributed by atoms with Gasteiger partial charge in [0.15, 0.2) is 0 Å². The van der Waals surface area contributed by atoms with Gasteiger partial charge in [0.25, 0.3) is 0 Å². The Bertz CT molecular complexity index is 871. The molecule has 1 aliphatic carbocycles. The number of hydrogen-bond acceptors (Lipinski definition) is 5. The molecule has 1 saturated heterocycles. The Hall–Kier alpha value is -1.98. The third kappa shape index (κ3) is 4.06. The first-order chi connectivity index (χ1) is 13.6. The van der Waals surface area contributed by atoms with Gasteiger partial charge >= 0.3 is 5.97 Å². The number of aliphatic hydroxyl groups is 1. The number of methoxy groups -OCH3 is 1. The van der Waals surface area contributed by atoms with Gasteiger partial charge in [-0.3, -0.25) is 0 Å². The number of carbonyl (C=O) groups excluding carboxylic acids is 1. The van der Waals surface area contributed by atoms with Crippen LogP contribution in [0.3, 0.4) is 0 Å². The molecule has 0 bridgehead atoms. The Kier molecular flexibility index (Phi) is 5.65. The van der Waals surface area contributed by atoms with Gasteiger partial charge in [-0.15, -0.1) is 0 Å². The molecule has 0 aromatic heterocycles. The second-order valence-electron chi connectivity index (χ2n) is 7.66. The Morgan fingerprint density at radius 2 is 1.86 bits per heavy atom. The zero-order valence-electron chi connectivity index (χ0n) is 16.2. The van der Waals surface area contributed by atoms with Crippen molar-refractivity contribution < 1.29 is 19.4 Å². The van der Waals surface area contributed by atoms with E-state index in [0.29, 0.717) is 12.2 Å². The van der Waals surface area contributed by atoms with E-state index >= 15 is 0 Å². The van der Waals surface area contributed by atoms with Crippen molar-refractivity contribution >= 4 is 17.7 Å². The molecular weight excluding hydrogens is 372 g/mol. The van der Waals surface area contributed by atoms with Crippen LogP contribution >= 0.6 is 11.8 Å². The van der Waals surface area contributed by atoms with E-state index in [0.717, 1.165) is 60.5 Å². The van der Waals surface area contributed by atoms with Crippen molar-refractivity contribution in [2.45, 2.75) is 37.7 Å². The quantitative estimate of drug-likeness (QED) is 0.780. The van der Waals surface area contributed by atoms with Gasteiger partial charge in [0.1, 0.15) is 18.0 Å². The lowest BCUT2D eigenvalue weighted by molar-refractivity contribution is -0.0115. The minimum atomic E-state index is -0.708. The summed E-state index contributed by atoms with van der Waals surface area (Å²) in [5, 5.41) is 10.7. The summed E-state index contributed by atoms with van der Waals surface area (Å²) in [6, 6.07) is 12.0. The number of fused-ring (bicyclic) bond motifs is 3. The van der Waals surface area contributed by atoms with Crippen LogP contribution in [0.5, 0.6) is 5.75 Å². The molecule has 148 valence electrons. The van der Waals surface area contributed by atoms with Crippen LogP contribution in [0.1, 0.15) is 40.7 Å². The highest BCUT2D eigenvalue weighted by molar-refractivity contribution is 7.99. The molecule has 2 aromatic carbocycles. The Morgan fingerprint density at radius 3 is 2.64 bits per heavy atom. The first kappa shape index (κ1) is 19.3. The molecule has 0 amide bonds. The number of hydrogen-bond donors (Lipinski definition) is 1. The summed E-state index contributed by atoms with van der Waals surface area (Å²) in [5.41, 5.74) is 4.61. The van der Waals surface area contributed by atoms with Gasteiger partial charge in [0.2, 0.25) is 0 Å². The minimum absolute atomic E-state index is 0.313. The van der Waals surface area contributed by atoms with E-state index in [-0.39, 0.29) is 5.97 Å². The molecule has 0 saturated carbocycles. The second-order valence-corrected chi connectivity index (χ2v) is 8.89. The van der Waals surface area contributed by atoms with Crippen molar-refractivity contribution in [2.75, 3.05) is 25.2 Å². The molecule has 0 atom stereocenters. The Morgan fingerprint density at radius 1 is 1.07 bits per heavy atom. The van der Waals surface area contributed by atoms with Gasteiger partial charge in [-0.1, -0.05) is 12.1 Å². The van der Waals surface area contributed by atoms with E-state index in [4.69, 9.17) is 9.47 Å². The smallest absolute Gasteiger partial charge is 0.337 e. The van der Waals surface area contributed by atoms with Crippen LogP contribution in [0, 0.1) is 0 Å². The minimum Gasteiger partial charge on any atom is -0.491 e. The van der Waals surface area contributed by atoms with Crippen LogP contribution in [-0.4, -0.2) is 41.9 Å². The molecular formula is C23H26O4S. The van der Waals surface area contributed by atoms with E-state index in [1.807, 2.05) is 36.0 Å². The fourth-order valence-electron chi connectivity index (χ4n) is 4.00. The maximum atomic E-state index is 11.9. The van der Waals surface area contributed by atoms with Crippen LogP contribution in [0.15, 0.2) is 36.4 Å². The predicted molar refractivity (Wildman–Crippen MR) is 112 cm³/mol. The molecule has 28 heavy (non-hydrogen) atoms. The summed E-state index contributed by atoms with van der Waals surface area (Å²) >= 11 is 1.89. The van der Waals surface area contributed by atoms with Crippen molar-refractivity contribution in [2.24, 2.45) is 0 Å². The van der Waals surface area contributed by atoms with Crippen LogP contribution in [0.4, 0.5) is 0 Å². The summed E-state index contributed by atoms with van der Waals surface area (Å²) in [6.07, 6.45) is 4.58. The van der Waals surface area contributed by atoms with E-state index < -0.39 is 5.60 Å². The summed E-state index contributed by atoms with van der Waals surface area (Å²) in [7, 11) is 1.41. The van der Waals surface area contributed by atoms with Crippen LogP contribution < -0.4 is 4.74 Å². The molecule has 2 aliphatic rings. The highest BCUT2D eigenvalue weighted by atomic mass is 32.2. The van der Waals surface area contributed by atoms with Crippen molar-refractivity contribution in [3.05, 3.63) is 53.1 Å². The second kappa shape index (κ2) is 8.18. The van der Waals surface area contributed by atoms with Crippen molar-refractivity contribution in [1.82, 2.24) is 0 Å². The fraction of sp³-hybridized carbons (Fsp3) is 0.435. The molecule has 0 spiro atoms. The number of esters is 1. The summed E-state index contributed by atoms with van der Waals surface area (Å²) in [5.74, 6) is 2.47. The van der Waals surface area contributed by atoms with Crippen molar-refractivity contribution in [3.8, 4) is 16.9 Å². The highest BCUT2D eigenvalue weighted by Gasteiger charge is 2.30. The Labute approximate surface area is 170 Å². The first-order valence-corrected chi connectivity index (χ1v) is 11.0. The van der Waals surface area contributed by atoms with Gasteiger partial charge in [0.05, 0.1) is 12.7 Å². The number of rotatable bonds is 4. The number of benzene rings is 2. The molecule has 5 heteroatoms. The third-order valence-electron chi connectivity index (χ3n) is 5.72. The first-order valence-electron chi connectivity index (χ1n) is 9.85. The third-order valence-corrected chi connectivity index (χ3v) is 6.71. The zero-order valence-corrected chi connectivity index (χ0v) is 17.0. The average molecular weight is 399 g/mol. The lowest BCUT2D eigenvalue weighted by Crippen LogP contribution is -2.39. The number of aryl methyl sites for hydroxylation is 2. The van der Waals surface area contributed by atoms with E-state index in [1.165, 1.54) is 18.2 Å².